The van der Waals surface area contributed by atoms with Gasteiger partial charge in [-0.15, -0.1) is 11.3 Å². The summed E-state index contributed by atoms with van der Waals surface area (Å²) >= 11 is 1.76. The molecule has 94 valence electrons. The van der Waals surface area contributed by atoms with Crippen molar-refractivity contribution in [1.29, 1.82) is 0 Å². The van der Waals surface area contributed by atoms with Crippen LogP contribution < -0.4 is 5.32 Å². The summed E-state index contributed by atoms with van der Waals surface area (Å²) in [6.07, 6.45) is 4.55. The van der Waals surface area contributed by atoms with Crippen molar-refractivity contribution in [1.82, 2.24) is 14.7 Å². The Bertz CT molecular complexity index is 494. The monoisotopic (exact) mass is 251 g/mol. The van der Waals surface area contributed by atoms with Gasteiger partial charge in [-0.3, -0.25) is 4.40 Å². The number of thiazole rings is 1. The third-order valence-electron chi connectivity index (χ3n) is 3.28. The molecule has 0 aliphatic heterocycles. The van der Waals surface area contributed by atoms with E-state index in [9.17, 15) is 0 Å². The van der Waals surface area contributed by atoms with Gasteiger partial charge < -0.3 is 5.32 Å². The molecular weight excluding hydrogens is 230 g/mol. The summed E-state index contributed by atoms with van der Waals surface area (Å²) in [7, 11) is 0. The Hall–Kier alpha value is -0.870. The number of hydrogen-bond donors (Lipinski definition) is 1. The summed E-state index contributed by atoms with van der Waals surface area (Å²) in [4.78, 5) is 7.03. The van der Waals surface area contributed by atoms with Crippen LogP contribution in [0.1, 0.15) is 43.0 Å². The molecule has 0 bridgehead atoms. The number of hydrogen-bond acceptors (Lipinski definition) is 3. The first-order chi connectivity index (χ1) is 8.15. The highest BCUT2D eigenvalue weighted by Gasteiger charge is 2.12. The average Bonchev–Trinajstić information content (AvgIpc) is 2.77. The Kier molecular flexibility index (Phi) is 3.84. The van der Waals surface area contributed by atoms with E-state index in [4.69, 9.17) is 0 Å². The van der Waals surface area contributed by atoms with Crippen LogP contribution in [0.2, 0.25) is 0 Å². The minimum Gasteiger partial charge on any atom is -0.308 e. The van der Waals surface area contributed by atoms with Crippen molar-refractivity contribution in [3.05, 3.63) is 22.5 Å². The molecule has 0 atom stereocenters. The Balaban J connectivity index is 2.19. The van der Waals surface area contributed by atoms with Crippen molar-refractivity contribution in [3.63, 3.8) is 0 Å². The smallest absolute Gasteiger partial charge is 0.194 e. The lowest BCUT2D eigenvalue weighted by Crippen LogP contribution is -2.27. The van der Waals surface area contributed by atoms with Gasteiger partial charge in [-0.05, 0) is 26.7 Å². The summed E-state index contributed by atoms with van der Waals surface area (Å²) < 4.78 is 2.23. The largest absolute Gasteiger partial charge is 0.308 e. The van der Waals surface area contributed by atoms with Crippen LogP contribution in [0.25, 0.3) is 4.96 Å². The number of imidazole rings is 1. The van der Waals surface area contributed by atoms with E-state index in [1.807, 2.05) is 0 Å². The Morgan fingerprint density at radius 2 is 2.06 bits per heavy atom. The van der Waals surface area contributed by atoms with Gasteiger partial charge in [0, 0.05) is 23.7 Å². The van der Waals surface area contributed by atoms with Gasteiger partial charge >= 0.3 is 0 Å². The molecule has 0 unspecified atom stereocenters. The van der Waals surface area contributed by atoms with E-state index < -0.39 is 0 Å². The summed E-state index contributed by atoms with van der Waals surface area (Å²) in [5.74, 6) is 0. The topological polar surface area (TPSA) is 29.3 Å². The fourth-order valence-electron chi connectivity index (χ4n) is 2.14. The molecular formula is C13H21N3S. The number of aryl methyl sites for hydroxylation is 2. The lowest BCUT2D eigenvalue weighted by molar-refractivity contribution is 0.479. The second-order valence-electron chi connectivity index (χ2n) is 4.53. The molecule has 0 aliphatic rings. The molecule has 0 radical (unpaired) electrons. The Morgan fingerprint density at radius 1 is 1.35 bits per heavy atom. The molecule has 4 heteroatoms. The summed E-state index contributed by atoms with van der Waals surface area (Å²) in [5.41, 5.74) is 2.45. The van der Waals surface area contributed by atoms with E-state index in [1.54, 1.807) is 11.3 Å². The van der Waals surface area contributed by atoms with Crippen molar-refractivity contribution in [2.45, 2.75) is 53.1 Å². The molecule has 0 fully saturated rings. The highest BCUT2D eigenvalue weighted by molar-refractivity contribution is 7.17. The summed E-state index contributed by atoms with van der Waals surface area (Å²) in [6, 6.07) is 0.611. The fraction of sp³-hybridized carbons (Fsp3) is 0.615. The van der Waals surface area contributed by atoms with Crippen molar-refractivity contribution in [3.8, 4) is 0 Å². The molecule has 0 amide bonds. The van der Waals surface area contributed by atoms with E-state index >= 15 is 0 Å². The molecule has 2 rings (SSSR count). The minimum absolute atomic E-state index is 0.611. The van der Waals surface area contributed by atoms with E-state index in [-0.39, 0.29) is 0 Å². The number of nitrogens with zero attached hydrogens (tertiary/aromatic N) is 2. The maximum Gasteiger partial charge on any atom is 0.194 e. The summed E-state index contributed by atoms with van der Waals surface area (Å²) in [5, 5.41) is 3.61. The third-order valence-corrected chi connectivity index (χ3v) is 4.18. The van der Waals surface area contributed by atoms with Crippen LogP contribution in [0.4, 0.5) is 0 Å². The van der Waals surface area contributed by atoms with Gasteiger partial charge in [0.05, 0.1) is 11.4 Å². The van der Waals surface area contributed by atoms with Crippen LogP contribution in [-0.4, -0.2) is 15.4 Å². The van der Waals surface area contributed by atoms with Crippen molar-refractivity contribution < 1.29 is 0 Å². The Labute approximate surface area is 107 Å². The molecule has 2 heterocycles. The van der Waals surface area contributed by atoms with Crippen LogP contribution in [0.3, 0.4) is 0 Å². The maximum absolute atomic E-state index is 4.61. The highest BCUT2D eigenvalue weighted by Crippen LogP contribution is 2.20. The van der Waals surface area contributed by atoms with Gasteiger partial charge in [-0.2, -0.15) is 0 Å². The van der Waals surface area contributed by atoms with Crippen LogP contribution in [0.15, 0.2) is 6.20 Å². The second kappa shape index (κ2) is 5.19. The lowest BCUT2D eigenvalue weighted by atomic mass is 10.1. The van der Waals surface area contributed by atoms with E-state index in [0.717, 1.165) is 17.2 Å². The van der Waals surface area contributed by atoms with Crippen LogP contribution in [-0.2, 0) is 6.54 Å². The zero-order valence-corrected chi connectivity index (χ0v) is 11.9. The predicted octanol–water partition coefficient (Wildman–Crippen LogP) is 3.29. The standard InChI is InChI=1S/C13H21N3S/c1-5-11(6-2)14-7-12-10(4)15-13-16(12)8-9(3)17-13/h8,11,14H,5-7H2,1-4H3. The quantitative estimate of drug-likeness (QED) is 0.883. The molecule has 3 nitrogen and oxygen atoms in total. The molecule has 1 N–H and O–H groups in total. The maximum atomic E-state index is 4.61. The number of nitrogens with one attached hydrogen (secondary N) is 1. The molecule has 0 aliphatic carbocycles. The first kappa shape index (κ1) is 12.6. The highest BCUT2D eigenvalue weighted by atomic mass is 32.1. The van der Waals surface area contributed by atoms with E-state index in [2.05, 4.69) is 48.6 Å². The normalized spacial score (nSPS) is 11.8. The van der Waals surface area contributed by atoms with Crippen molar-refractivity contribution in [2.75, 3.05) is 0 Å². The molecule has 0 aromatic carbocycles. The SMILES string of the molecule is CCC(CC)NCc1c(C)nc2sc(C)cn12. The van der Waals surface area contributed by atoms with E-state index in [1.165, 1.54) is 23.4 Å². The number of fused-ring (bicyclic) bond motifs is 1. The van der Waals surface area contributed by atoms with Crippen LogP contribution in [0, 0.1) is 13.8 Å². The van der Waals surface area contributed by atoms with E-state index in [0.29, 0.717) is 6.04 Å². The first-order valence-corrected chi connectivity index (χ1v) is 7.14. The van der Waals surface area contributed by atoms with Gasteiger partial charge in [-0.25, -0.2) is 4.98 Å². The second-order valence-corrected chi connectivity index (χ2v) is 5.75. The number of aromatic nitrogens is 2. The minimum atomic E-state index is 0.611. The lowest BCUT2D eigenvalue weighted by Gasteiger charge is -2.14. The third kappa shape index (κ3) is 2.53. The zero-order chi connectivity index (χ0) is 12.4. The van der Waals surface area contributed by atoms with Crippen molar-refractivity contribution >= 4 is 16.3 Å². The van der Waals surface area contributed by atoms with Crippen LogP contribution in [0.5, 0.6) is 0 Å². The molecule has 2 aromatic heterocycles. The van der Waals surface area contributed by atoms with Gasteiger partial charge in [0.25, 0.3) is 0 Å². The molecule has 0 spiro atoms. The fourth-order valence-corrected chi connectivity index (χ4v) is 3.03. The zero-order valence-electron chi connectivity index (χ0n) is 11.1. The van der Waals surface area contributed by atoms with Crippen molar-refractivity contribution in [2.24, 2.45) is 0 Å². The Morgan fingerprint density at radius 3 is 2.71 bits per heavy atom. The molecule has 0 saturated carbocycles. The first-order valence-electron chi connectivity index (χ1n) is 6.33. The molecule has 2 aromatic rings. The van der Waals surface area contributed by atoms with Gasteiger partial charge in [-0.1, -0.05) is 13.8 Å². The molecule has 0 saturated heterocycles. The van der Waals surface area contributed by atoms with Gasteiger partial charge in [0.2, 0.25) is 0 Å². The van der Waals surface area contributed by atoms with Gasteiger partial charge in [0.1, 0.15) is 0 Å². The van der Waals surface area contributed by atoms with Gasteiger partial charge in [0.15, 0.2) is 4.96 Å². The average molecular weight is 251 g/mol. The molecule has 17 heavy (non-hydrogen) atoms. The predicted molar refractivity (Wildman–Crippen MR) is 73.8 cm³/mol. The summed E-state index contributed by atoms with van der Waals surface area (Å²) in [6.45, 7) is 9.60. The van der Waals surface area contributed by atoms with Crippen LogP contribution >= 0.6 is 11.3 Å². The number of rotatable bonds is 5.